The average Bonchev–Trinajstić information content (AvgIpc) is 3.31. The molecule has 2 aromatic heterocycles. The molecule has 3 aliphatic rings. The van der Waals surface area contributed by atoms with E-state index in [1.165, 1.54) is 11.6 Å². The summed E-state index contributed by atoms with van der Waals surface area (Å²) in [6.45, 7) is 10.6. The molecule has 11 heteroatoms. The monoisotopic (exact) mass is 539 g/mol. The Hall–Kier alpha value is -3.15. The number of morpholine rings is 2. The number of amides is 1. The van der Waals surface area contributed by atoms with Crippen LogP contribution in [-0.2, 0) is 22.4 Å². The predicted octanol–water partition coefficient (Wildman–Crippen LogP) is 3.10. The van der Waals surface area contributed by atoms with Gasteiger partial charge in [-0.1, -0.05) is 13.8 Å². The maximum atomic E-state index is 13.5. The van der Waals surface area contributed by atoms with Gasteiger partial charge >= 0.3 is 0 Å². The van der Waals surface area contributed by atoms with Crippen molar-refractivity contribution in [3.63, 3.8) is 0 Å². The van der Waals surface area contributed by atoms with Crippen molar-refractivity contribution in [2.45, 2.75) is 32.7 Å². The van der Waals surface area contributed by atoms with Crippen LogP contribution in [0.3, 0.4) is 0 Å². The summed E-state index contributed by atoms with van der Waals surface area (Å²) in [7, 11) is 0. The van der Waals surface area contributed by atoms with Crippen molar-refractivity contribution in [1.82, 2.24) is 14.9 Å². The number of rotatable bonds is 4. The lowest BCUT2D eigenvalue weighted by molar-refractivity contribution is 0.0734. The molecule has 1 aromatic carbocycles. The molecule has 2 N–H and O–H groups in total. The van der Waals surface area contributed by atoms with Crippen LogP contribution in [0.4, 0.5) is 11.8 Å². The quantitative estimate of drug-likeness (QED) is 0.517. The van der Waals surface area contributed by atoms with E-state index < -0.39 is 0 Å². The Kier molecular flexibility index (Phi) is 6.75. The van der Waals surface area contributed by atoms with Crippen LogP contribution in [0, 0.1) is 0 Å². The summed E-state index contributed by atoms with van der Waals surface area (Å²) in [5.41, 5.74) is 2.08. The van der Waals surface area contributed by atoms with Crippen LogP contribution in [0.15, 0.2) is 12.1 Å². The highest BCUT2D eigenvalue weighted by atomic mass is 32.1. The van der Waals surface area contributed by atoms with Gasteiger partial charge in [0.05, 0.1) is 43.9 Å². The van der Waals surface area contributed by atoms with Crippen molar-refractivity contribution in [2.75, 3.05) is 69.0 Å². The molecular weight excluding hydrogens is 506 g/mol. The minimum Gasteiger partial charge on any atom is -0.508 e. The van der Waals surface area contributed by atoms with Crippen molar-refractivity contribution >= 4 is 39.2 Å². The number of benzene rings is 1. The van der Waals surface area contributed by atoms with Gasteiger partial charge in [0, 0.05) is 43.7 Å². The summed E-state index contributed by atoms with van der Waals surface area (Å²) in [6.07, 6.45) is 0.689. The highest BCUT2D eigenvalue weighted by Crippen LogP contribution is 2.41. The molecule has 2 saturated heterocycles. The Morgan fingerprint density at radius 3 is 2.32 bits per heavy atom. The molecule has 3 aromatic rings. The first-order valence-corrected chi connectivity index (χ1v) is 14.0. The highest BCUT2D eigenvalue weighted by Gasteiger charge is 2.31. The van der Waals surface area contributed by atoms with Crippen molar-refractivity contribution < 1.29 is 24.5 Å². The van der Waals surface area contributed by atoms with Gasteiger partial charge in [0.1, 0.15) is 22.1 Å². The van der Waals surface area contributed by atoms with Gasteiger partial charge in [0.15, 0.2) is 0 Å². The second-order valence-corrected chi connectivity index (χ2v) is 11.4. The number of carbonyl (C=O) groups excluding carboxylic acids is 1. The number of aromatic hydroxyl groups is 2. The van der Waals surface area contributed by atoms with Gasteiger partial charge in [0.2, 0.25) is 5.95 Å². The van der Waals surface area contributed by atoms with Gasteiger partial charge in [-0.05, 0) is 29.5 Å². The van der Waals surface area contributed by atoms with Gasteiger partial charge in [-0.15, -0.1) is 11.3 Å². The van der Waals surface area contributed by atoms with Crippen LogP contribution in [0.1, 0.15) is 46.1 Å². The number of carbonyl (C=O) groups is 1. The van der Waals surface area contributed by atoms with Gasteiger partial charge in [-0.2, -0.15) is 4.98 Å². The molecule has 202 valence electrons. The minimum atomic E-state index is -0.235. The first-order valence-electron chi connectivity index (χ1n) is 13.2. The number of phenols is 2. The molecular formula is C27H33N5O5S. The molecule has 0 bridgehead atoms. The van der Waals surface area contributed by atoms with E-state index in [-0.39, 0.29) is 28.9 Å². The van der Waals surface area contributed by atoms with E-state index in [4.69, 9.17) is 19.4 Å². The standard InChI is InChI=1S/C27H33N5O5S/c1-16(2)18-13-19(21(34)14-20(18)33)26(35)32-4-3-17-22(15-32)38-25-23(17)24(30-5-9-36-10-6-30)28-27(29-25)31-7-11-37-12-8-31/h13-14,16,33-34H,3-12,15H2,1-2H3. The SMILES string of the molecule is CC(C)c1cc(C(=O)N2CCc3c(sc4nc(N5CCOCC5)nc(N5CCOCC5)c34)C2)c(O)cc1O. The lowest BCUT2D eigenvalue weighted by Gasteiger charge is -2.32. The molecule has 0 saturated carbocycles. The van der Waals surface area contributed by atoms with E-state index >= 15 is 0 Å². The maximum Gasteiger partial charge on any atom is 0.257 e. The first-order chi connectivity index (χ1) is 18.4. The number of thiophene rings is 1. The second-order valence-electron chi connectivity index (χ2n) is 10.3. The number of hydrogen-bond acceptors (Lipinski definition) is 10. The third-order valence-electron chi connectivity index (χ3n) is 7.56. The maximum absolute atomic E-state index is 13.5. The summed E-state index contributed by atoms with van der Waals surface area (Å²) in [6, 6.07) is 2.89. The minimum absolute atomic E-state index is 0.00442. The third-order valence-corrected chi connectivity index (χ3v) is 8.67. The third kappa shape index (κ3) is 4.52. The van der Waals surface area contributed by atoms with Gasteiger partial charge in [0.25, 0.3) is 5.91 Å². The molecule has 5 heterocycles. The van der Waals surface area contributed by atoms with Crippen LogP contribution in [0.2, 0.25) is 0 Å². The zero-order valence-electron chi connectivity index (χ0n) is 21.8. The van der Waals surface area contributed by atoms with Crippen LogP contribution >= 0.6 is 11.3 Å². The lowest BCUT2D eigenvalue weighted by Crippen LogP contribution is -2.39. The zero-order valence-corrected chi connectivity index (χ0v) is 22.6. The topological polar surface area (TPSA) is 111 Å². The fraction of sp³-hybridized carbons (Fsp3) is 0.519. The summed E-state index contributed by atoms with van der Waals surface area (Å²) < 4.78 is 11.1. The molecule has 2 fully saturated rings. The number of phenolic OH excluding ortho intramolecular Hbond substituents is 2. The van der Waals surface area contributed by atoms with Crippen LogP contribution in [0.5, 0.6) is 11.5 Å². The Balaban J connectivity index is 1.36. The molecule has 0 spiro atoms. The fourth-order valence-corrected chi connectivity index (χ4v) is 6.67. The van der Waals surface area contributed by atoms with Crippen molar-refractivity contribution in [3.8, 4) is 11.5 Å². The van der Waals surface area contributed by atoms with Crippen molar-refractivity contribution in [3.05, 3.63) is 33.7 Å². The number of hydrogen-bond donors (Lipinski definition) is 2. The van der Waals surface area contributed by atoms with E-state index in [1.807, 2.05) is 13.8 Å². The van der Waals surface area contributed by atoms with Gasteiger partial charge in [-0.25, -0.2) is 4.98 Å². The molecule has 3 aliphatic heterocycles. The number of ether oxygens (including phenoxy) is 2. The number of nitrogens with zero attached hydrogens (tertiary/aromatic N) is 5. The van der Waals surface area contributed by atoms with Gasteiger partial charge in [-0.3, -0.25) is 4.79 Å². The van der Waals surface area contributed by atoms with Gasteiger partial charge < -0.3 is 34.4 Å². The summed E-state index contributed by atoms with van der Waals surface area (Å²) >= 11 is 1.62. The molecule has 0 aliphatic carbocycles. The largest absolute Gasteiger partial charge is 0.508 e. The average molecular weight is 540 g/mol. The lowest BCUT2D eigenvalue weighted by atomic mass is 9.97. The van der Waals surface area contributed by atoms with E-state index in [0.29, 0.717) is 51.5 Å². The van der Waals surface area contributed by atoms with Crippen LogP contribution < -0.4 is 9.80 Å². The van der Waals surface area contributed by atoms with E-state index in [1.54, 1.807) is 22.3 Å². The zero-order chi connectivity index (χ0) is 26.4. The van der Waals surface area contributed by atoms with Crippen LogP contribution in [0.25, 0.3) is 10.2 Å². The highest BCUT2D eigenvalue weighted by molar-refractivity contribution is 7.19. The molecule has 10 nitrogen and oxygen atoms in total. The molecule has 38 heavy (non-hydrogen) atoms. The Morgan fingerprint density at radius 1 is 0.947 bits per heavy atom. The smallest absolute Gasteiger partial charge is 0.257 e. The van der Waals surface area contributed by atoms with E-state index in [0.717, 1.165) is 53.0 Å². The Morgan fingerprint density at radius 2 is 1.63 bits per heavy atom. The normalized spacial score (nSPS) is 18.3. The fourth-order valence-electron chi connectivity index (χ4n) is 5.45. The molecule has 0 unspecified atom stereocenters. The number of anilines is 2. The predicted molar refractivity (Wildman–Crippen MR) is 146 cm³/mol. The molecule has 0 radical (unpaired) electrons. The van der Waals surface area contributed by atoms with Crippen molar-refractivity contribution in [2.24, 2.45) is 0 Å². The van der Waals surface area contributed by atoms with Crippen molar-refractivity contribution in [1.29, 1.82) is 0 Å². The first kappa shape index (κ1) is 25.1. The summed E-state index contributed by atoms with van der Waals surface area (Å²) in [5, 5.41) is 21.8. The van der Waals surface area contributed by atoms with Crippen LogP contribution in [-0.4, -0.2) is 90.1 Å². The molecule has 1 amide bonds. The Labute approximate surface area is 225 Å². The summed E-state index contributed by atoms with van der Waals surface area (Å²) in [5.74, 6) is 1.27. The van der Waals surface area contributed by atoms with E-state index in [9.17, 15) is 15.0 Å². The Bertz CT molecular complexity index is 1360. The molecule has 6 rings (SSSR count). The number of fused-ring (bicyclic) bond motifs is 3. The second kappa shape index (κ2) is 10.2. The summed E-state index contributed by atoms with van der Waals surface area (Å²) in [4.78, 5) is 31.9. The molecule has 0 atom stereocenters. The number of aromatic nitrogens is 2. The van der Waals surface area contributed by atoms with E-state index in [2.05, 4.69) is 9.80 Å².